The van der Waals surface area contributed by atoms with Crippen LogP contribution in [0.1, 0.15) is 18.4 Å². The third-order valence-electron chi connectivity index (χ3n) is 2.88. The molecule has 1 aliphatic heterocycles. The molecule has 0 saturated carbocycles. The van der Waals surface area contributed by atoms with Gasteiger partial charge in [0.15, 0.2) is 0 Å². The number of halogens is 2. The predicted molar refractivity (Wildman–Crippen MR) is 68.8 cm³/mol. The Labute approximate surface area is 104 Å². The Balaban J connectivity index is 1.92. The van der Waals surface area contributed by atoms with Crippen LogP contribution >= 0.6 is 22.6 Å². The number of alkyl halides is 1. The van der Waals surface area contributed by atoms with Crippen LogP contribution in [0.25, 0.3) is 0 Å². The van der Waals surface area contributed by atoms with Crippen LogP contribution in [0.15, 0.2) is 24.3 Å². The molecule has 1 fully saturated rings. The molecule has 1 heterocycles. The maximum Gasteiger partial charge on any atom is 0.119 e. The van der Waals surface area contributed by atoms with E-state index in [1.807, 2.05) is 24.3 Å². The van der Waals surface area contributed by atoms with Crippen LogP contribution < -0.4 is 5.32 Å². The Morgan fingerprint density at radius 3 is 2.73 bits per heavy atom. The van der Waals surface area contributed by atoms with Crippen molar-refractivity contribution in [1.82, 2.24) is 5.32 Å². The summed E-state index contributed by atoms with van der Waals surface area (Å²) < 4.78 is 15.0. The molecule has 0 amide bonds. The van der Waals surface area contributed by atoms with E-state index in [2.05, 4.69) is 27.9 Å². The second kappa shape index (κ2) is 5.25. The van der Waals surface area contributed by atoms with E-state index < -0.39 is 6.17 Å². The SMILES string of the molecule is FC(Cc1ccc(I)cc1)C1CCCN1. The highest BCUT2D eigenvalue weighted by Gasteiger charge is 2.23. The van der Waals surface area contributed by atoms with Gasteiger partial charge in [0, 0.05) is 16.0 Å². The molecule has 1 nitrogen and oxygen atoms in total. The zero-order chi connectivity index (χ0) is 10.7. The maximum atomic E-state index is 13.8. The number of rotatable bonds is 3. The smallest absolute Gasteiger partial charge is 0.119 e. The zero-order valence-electron chi connectivity index (χ0n) is 8.55. The minimum absolute atomic E-state index is 0.0734. The molecule has 1 aromatic carbocycles. The first kappa shape index (κ1) is 11.3. The predicted octanol–water partition coefficient (Wildman–Crippen LogP) is 2.92. The van der Waals surface area contributed by atoms with E-state index in [4.69, 9.17) is 0 Å². The normalized spacial score (nSPS) is 22.9. The van der Waals surface area contributed by atoms with Gasteiger partial charge in [-0.3, -0.25) is 0 Å². The number of nitrogens with one attached hydrogen (secondary N) is 1. The van der Waals surface area contributed by atoms with Crippen molar-refractivity contribution in [1.29, 1.82) is 0 Å². The first-order valence-electron chi connectivity index (χ1n) is 5.37. The lowest BCUT2D eigenvalue weighted by atomic mass is 10.0. The lowest BCUT2D eigenvalue weighted by Crippen LogP contribution is -2.33. The van der Waals surface area contributed by atoms with Gasteiger partial charge in [-0.2, -0.15) is 0 Å². The van der Waals surface area contributed by atoms with Crippen molar-refractivity contribution in [3.63, 3.8) is 0 Å². The highest BCUT2D eigenvalue weighted by atomic mass is 127. The van der Waals surface area contributed by atoms with Crippen molar-refractivity contribution in [2.45, 2.75) is 31.5 Å². The fraction of sp³-hybridized carbons (Fsp3) is 0.500. The molecule has 1 N–H and O–H groups in total. The summed E-state index contributed by atoms with van der Waals surface area (Å²) in [7, 11) is 0. The van der Waals surface area contributed by atoms with Gasteiger partial charge in [-0.25, -0.2) is 4.39 Å². The van der Waals surface area contributed by atoms with Crippen molar-refractivity contribution in [3.05, 3.63) is 33.4 Å². The fourth-order valence-corrected chi connectivity index (χ4v) is 2.37. The fourth-order valence-electron chi connectivity index (χ4n) is 2.01. The van der Waals surface area contributed by atoms with Gasteiger partial charge in [0.1, 0.15) is 6.17 Å². The van der Waals surface area contributed by atoms with E-state index in [9.17, 15) is 4.39 Å². The number of benzene rings is 1. The molecule has 0 radical (unpaired) electrons. The van der Waals surface area contributed by atoms with Gasteiger partial charge in [0.25, 0.3) is 0 Å². The van der Waals surface area contributed by atoms with Crippen molar-refractivity contribution < 1.29 is 4.39 Å². The molecule has 0 spiro atoms. The second-order valence-corrected chi connectivity index (χ2v) is 5.30. The van der Waals surface area contributed by atoms with E-state index in [1.165, 1.54) is 3.57 Å². The molecule has 2 unspecified atom stereocenters. The third-order valence-corrected chi connectivity index (χ3v) is 3.60. The van der Waals surface area contributed by atoms with Gasteiger partial charge >= 0.3 is 0 Å². The summed E-state index contributed by atoms with van der Waals surface area (Å²) in [6.07, 6.45) is 1.88. The van der Waals surface area contributed by atoms with E-state index >= 15 is 0 Å². The first-order chi connectivity index (χ1) is 7.25. The van der Waals surface area contributed by atoms with Crippen molar-refractivity contribution >= 4 is 22.6 Å². The van der Waals surface area contributed by atoms with Crippen LogP contribution in [0.4, 0.5) is 4.39 Å². The van der Waals surface area contributed by atoms with Gasteiger partial charge in [-0.1, -0.05) is 12.1 Å². The Morgan fingerprint density at radius 1 is 1.40 bits per heavy atom. The topological polar surface area (TPSA) is 12.0 Å². The third kappa shape index (κ3) is 3.14. The van der Waals surface area contributed by atoms with E-state index in [1.54, 1.807) is 0 Å². The molecule has 0 bridgehead atoms. The summed E-state index contributed by atoms with van der Waals surface area (Å²) in [6.45, 7) is 0.970. The summed E-state index contributed by atoms with van der Waals surface area (Å²) in [5, 5.41) is 3.21. The van der Waals surface area contributed by atoms with Gasteiger partial charge in [0.05, 0.1) is 0 Å². The van der Waals surface area contributed by atoms with Gasteiger partial charge in [-0.05, 0) is 59.7 Å². The largest absolute Gasteiger partial charge is 0.311 e. The zero-order valence-corrected chi connectivity index (χ0v) is 10.7. The molecule has 1 aromatic rings. The number of hydrogen-bond donors (Lipinski definition) is 1. The summed E-state index contributed by atoms with van der Waals surface area (Å²) in [5.41, 5.74) is 1.09. The lowest BCUT2D eigenvalue weighted by molar-refractivity contribution is 0.263. The van der Waals surface area contributed by atoms with Crippen LogP contribution in [0.5, 0.6) is 0 Å². The van der Waals surface area contributed by atoms with E-state index in [-0.39, 0.29) is 6.04 Å². The summed E-state index contributed by atoms with van der Waals surface area (Å²) in [6, 6.07) is 8.17. The standard InChI is InChI=1S/C12H15FIN/c13-11(12-2-1-7-15-12)8-9-3-5-10(14)6-4-9/h3-6,11-12,15H,1-2,7-8H2. The van der Waals surface area contributed by atoms with Crippen LogP contribution in [-0.4, -0.2) is 18.8 Å². The molecule has 15 heavy (non-hydrogen) atoms. The molecule has 0 aromatic heterocycles. The summed E-state index contributed by atoms with van der Waals surface area (Å²) >= 11 is 2.26. The quantitative estimate of drug-likeness (QED) is 0.845. The highest BCUT2D eigenvalue weighted by Crippen LogP contribution is 2.17. The van der Waals surface area contributed by atoms with Crippen molar-refractivity contribution in [2.75, 3.05) is 6.54 Å². The van der Waals surface area contributed by atoms with Crippen molar-refractivity contribution in [2.24, 2.45) is 0 Å². The van der Waals surface area contributed by atoms with Gasteiger partial charge in [-0.15, -0.1) is 0 Å². The van der Waals surface area contributed by atoms with Gasteiger partial charge < -0.3 is 5.32 Å². The maximum absolute atomic E-state index is 13.8. The molecule has 2 rings (SSSR count). The average Bonchev–Trinajstić information content (AvgIpc) is 2.74. The van der Waals surface area contributed by atoms with Crippen LogP contribution in [-0.2, 0) is 6.42 Å². The summed E-state index contributed by atoms with van der Waals surface area (Å²) in [4.78, 5) is 0. The van der Waals surface area contributed by atoms with E-state index in [0.717, 1.165) is 24.9 Å². The average molecular weight is 319 g/mol. The molecule has 1 saturated heterocycles. The molecule has 2 atom stereocenters. The van der Waals surface area contributed by atoms with Crippen LogP contribution in [0, 0.1) is 3.57 Å². The minimum Gasteiger partial charge on any atom is -0.311 e. The molecular formula is C12H15FIN. The number of hydrogen-bond acceptors (Lipinski definition) is 1. The minimum atomic E-state index is -0.743. The first-order valence-corrected chi connectivity index (χ1v) is 6.45. The Morgan fingerprint density at radius 2 is 2.13 bits per heavy atom. The molecule has 3 heteroatoms. The molecular weight excluding hydrogens is 304 g/mol. The van der Waals surface area contributed by atoms with Crippen LogP contribution in [0.3, 0.4) is 0 Å². The molecule has 0 aliphatic carbocycles. The monoisotopic (exact) mass is 319 g/mol. The van der Waals surface area contributed by atoms with Crippen molar-refractivity contribution in [3.8, 4) is 0 Å². The van der Waals surface area contributed by atoms with E-state index in [0.29, 0.717) is 6.42 Å². The second-order valence-electron chi connectivity index (χ2n) is 4.05. The van der Waals surface area contributed by atoms with Gasteiger partial charge in [0.2, 0.25) is 0 Å². The summed E-state index contributed by atoms with van der Waals surface area (Å²) in [5.74, 6) is 0. The highest BCUT2D eigenvalue weighted by molar-refractivity contribution is 14.1. The molecule has 1 aliphatic rings. The Kier molecular flexibility index (Phi) is 3.97. The Bertz CT molecular complexity index is 306. The molecule has 82 valence electrons. The Hall–Kier alpha value is -0.160. The van der Waals surface area contributed by atoms with Crippen LogP contribution in [0.2, 0.25) is 0 Å². The lowest BCUT2D eigenvalue weighted by Gasteiger charge is -2.15.